The van der Waals surface area contributed by atoms with Gasteiger partial charge in [0.2, 0.25) is 0 Å². The number of nitriles is 1. The summed E-state index contributed by atoms with van der Waals surface area (Å²) in [6.45, 7) is 0. The molecule has 0 spiro atoms. The molecule has 0 saturated carbocycles. The van der Waals surface area contributed by atoms with Gasteiger partial charge in [0.25, 0.3) is 0 Å². The normalized spacial score (nSPS) is 9.89. The Bertz CT molecular complexity index is 683. The average Bonchev–Trinajstić information content (AvgIpc) is 2.41. The Kier molecular flexibility index (Phi) is 3.78. The van der Waals surface area contributed by atoms with Gasteiger partial charge in [-0.25, -0.2) is 14.2 Å². The third kappa shape index (κ3) is 3.09. The summed E-state index contributed by atoms with van der Waals surface area (Å²) in [5.74, 6) is -2.10. The van der Waals surface area contributed by atoms with E-state index in [2.05, 4.69) is 4.98 Å². The Hall–Kier alpha value is -2.39. The van der Waals surface area contributed by atoms with E-state index in [1.54, 1.807) is 18.2 Å². The lowest BCUT2D eigenvalue weighted by Gasteiger charge is -2.03. The molecule has 0 amide bonds. The summed E-state index contributed by atoms with van der Waals surface area (Å²) in [5, 5.41) is 18.1. The first kappa shape index (κ1) is 13.1. The number of aromatic nitrogens is 1. The van der Waals surface area contributed by atoms with Crippen LogP contribution in [0.4, 0.5) is 4.39 Å². The van der Waals surface area contributed by atoms with Crippen molar-refractivity contribution >= 4 is 17.7 Å². The zero-order valence-corrected chi connectivity index (χ0v) is 10.3. The number of aromatic carboxylic acids is 1. The molecule has 1 heterocycles. The second-order valence-corrected chi connectivity index (χ2v) is 4.62. The van der Waals surface area contributed by atoms with Crippen molar-refractivity contribution in [2.75, 3.05) is 0 Å². The van der Waals surface area contributed by atoms with Gasteiger partial charge in [0.1, 0.15) is 22.6 Å². The first-order chi connectivity index (χ1) is 9.10. The average molecular weight is 274 g/mol. The molecule has 0 bridgehead atoms. The van der Waals surface area contributed by atoms with Crippen LogP contribution >= 0.6 is 11.8 Å². The van der Waals surface area contributed by atoms with E-state index in [1.165, 1.54) is 23.9 Å². The monoisotopic (exact) mass is 274 g/mol. The molecule has 1 aromatic carbocycles. The van der Waals surface area contributed by atoms with Crippen molar-refractivity contribution in [1.29, 1.82) is 5.26 Å². The molecule has 2 rings (SSSR count). The van der Waals surface area contributed by atoms with Gasteiger partial charge in [-0.2, -0.15) is 5.26 Å². The Balaban J connectivity index is 2.31. The molecular formula is C13H7FN2O2S. The summed E-state index contributed by atoms with van der Waals surface area (Å²) < 4.78 is 13.2. The number of nitrogens with zero attached hydrogens (tertiary/aromatic N) is 2. The first-order valence-corrected chi connectivity index (χ1v) is 5.99. The standard InChI is InChI=1S/C13H7FN2O2S/c14-11-5-4-9(6-10(11)13(17)18)19-12-3-1-2-8(7-15)16-12/h1-6H,(H,17,18). The van der Waals surface area contributed by atoms with E-state index in [0.29, 0.717) is 9.92 Å². The molecular weight excluding hydrogens is 267 g/mol. The summed E-state index contributed by atoms with van der Waals surface area (Å²) in [6, 6.07) is 10.6. The Morgan fingerprint density at radius 3 is 2.84 bits per heavy atom. The number of hydrogen-bond acceptors (Lipinski definition) is 4. The molecule has 0 atom stereocenters. The molecule has 19 heavy (non-hydrogen) atoms. The van der Waals surface area contributed by atoms with Gasteiger partial charge < -0.3 is 5.11 Å². The number of carboxylic acid groups (broad SMARTS) is 1. The smallest absolute Gasteiger partial charge is 0.338 e. The lowest BCUT2D eigenvalue weighted by Crippen LogP contribution is -2.00. The molecule has 0 saturated heterocycles. The lowest BCUT2D eigenvalue weighted by atomic mass is 10.2. The van der Waals surface area contributed by atoms with E-state index in [1.807, 2.05) is 6.07 Å². The number of hydrogen-bond donors (Lipinski definition) is 1. The summed E-state index contributed by atoms with van der Waals surface area (Å²) in [5.41, 5.74) is -0.119. The van der Waals surface area contributed by atoms with Crippen LogP contribution in [0.3, 0.4) is 0 Å². The highest BCUT2D eigenvalue weighted by Crippen LogP contribution is 2.27. The highest BCUT2D eigenvalue weighted by molar-refractivity contribution is 7.99. The number of benzene rings is 1. The largest absolute Gasteiger partial charge is 0.478 e. The topological polar surface area (TPSA) is 74.0 Å². The summed E-state index contributed by atoms with van der Waals surface area (Å²) in [4.78, 5) is 15.4. The van der Waals surface area contributed by atoms with Gasteiger partial charge in [-0.1, -0.05) is 17.8 Å². The zero-order chi connectivity index (χ0) is 13.8. The maximum Gasteiger partial charge on any atom is 0.338 e. The van der Waals surface area contributed by atoms with Gasteiger partial charge in [0.05, 0.1) is 5.56 Å². The van der Waals surface area contributed by atoms with Crippen LogP contribution in [0.1, 0.15) is 16.1 Å². The van der Waals surface area contributed by atoms with Crippen molar-refractivity contribution in [1.82, 2.24) is 4.98 Å². The van der Waals surface area contributed by atoms with Gasteiger partial charge in [-0.15, -0.1) is 0 Å². The van der Waals surface area contributed by atoms with Crippen LogP contribution in [0.5, 0.6) is 0 Å². The SMILES string of the molecule is N#Cc1cccc(Sc2ccc(F)c(C(=O)O)c2)n1. The molecule has 0 radical (unpaired) electrons. The molecule has 0 unspecified atom stereocenters. The summed E-state index contributed by atoms with van der Waals surface area (Å²) >= 11 is 1.17. The molecule has 0 fully saturated rings. The maximum atomic E-state index is 13.2. The Morgan fingerprint density at radius 1 is 1.37 bits per heavy atom. The van der Waals surface area contributed by atoms with Gasteiger partial charge in [0, 0.05) is 4.90 Å². The molecule has 6 heteroatoms. The fraction of sp³-hybridized carbons (Fsp3) is 0. The molecule has 2 aromatic rings. The van der Waals surface area contributed by atoms with Crippen molar-refractivity contribution < 1.29 is 14.3 Å². The van der Waals surface area contributed by atoms with E-state index >= 15 is 0 Å². The predicted molar refractivity (Wildman–Crippen MR) is 66.4 cm³/mol. The summed E-state index contributed by atoms with van der Waals surface area (Å²) in [7, 11) is 0. The van der Waals surface area contributed by atoms with Crippen molar-refractivity contribution in [2.45, 2.75) is 9.92 Å². The van der Waals surface area contributed by atoms with E-state index in [9.17, 15) is 9.18 Å². The number of carbonyl (C=O) groups is 1. The molecule has 1 aromatic heterocycles. The van der Waals surface area contributed by atoms with Crippen LogP contribution < -0.4 is 0 Å². The fourth-order valence-corrected chi connectivity index (χ4v) is 2.23. The minimum Gasteiger partial charge on any atom is -0.478 e. The fourth-order valence-electron chi connectivity index (χ4n) is 1.39. The van der Waals surface area contributed by atoms with E-state index < -0.39 is 11.8 Å². The van der Waals surface area contributed by atoms with Gasteiger partial charge >= 0.3 is 5.97 Å². The van der Waals surface area contributed by atoms with Crippen LogP contribution in [-0.4, -0.2) is 16.1 Å². The number of pyridine rings is 1. The van der Waals surface area contributed by atoms with Crippen LogP contribution in [0, 0.1) is 17.1 Å². The molecule has 0 aliphatic carbocycles. The predicted octanol–water partition coefficient (Wildman–Crippen LogP) is 2.94. The van der Waals surface area contributed by atoms with E-state index in [0.717, 1.165) is 6.07 Å². The van der Waals surface area contributed by atoms with Gasteiger partial charge in [-0.05, 0) is 30.3 Å². The minimum absolute atomic E-state index is 0.269. The van der Waals surface area contributed by atoms with Crippen molar-refractivity contribution in [2.24, 2.45) is 0 Å². The van der Waals surface area contributed by atoms with E-state index in [4.69, 9.17) is 10.4 Å². The number of carboxylic acids is 1. The summed E-state index contributed by atoms with van der Waals surface area (Å²) in [6.07, 6.45) is 0. The lowest BCUT2D eigenvalue weighted by molar-refractivity contribution is 0.0691. The second-order valence-electron chi connectivity index (χ2n) is 3.52. The van der Waals surface area contributed by atoms with Crippen molar-refractivity contribution in [3.05, 3.63) is 53.5 Å². The molecule has 0 aliphatic heterocycles. The van der Waals surface area contributed by atoms with Crippen LogP contribution in [-0.2, 0) is 0 Å². The third-order valence-corrected chi connectivity index (χ3v) is 3.15. The quantitative estimate of drug-likeness (QED) is 0.931. The minimum atomic E-state index is -1.32. The molecule has 4 nitrogen and oxygen atoms in total. The third-order valence-electron chi connectivity index (χ3n) is 2.23. The van der Waals surface area contributed by atoms with Crippen LogP contribution in [0.15, 0.2) is 46.3 Å². The van der Waals surface area contributed by atoms with Crippen molar-refractivity contribution in [3.8, 4) is 6.07 Å². The van der Waals surface area contributed by atoms with Crippen LogP contribution in [0.2, 0.25) is 0 Å². The Labute approximate surface area is 112 Å². The van der Waals surface area contributed by atoms with E-state index in [-0.39, 0.29) is 11.3 Å². The zero-order valence-electron chi connectivity index (χ0n) is 9.50. The Morgan fingerprint density at radius 2 is 2.16 bits per heavy atom. The van der Waals surface area contributed by atoms with Gasteiger partial charge in [0.15, 0.2) is 0 Å². The number of rotatable bonds is 3. The van der Waals surface area contributed by atoms with Crippen LogP contribution in [0.25, 0.3) is 0 Å². The molecule has 94 valence electrons. The highest BCUT2D eigenvalue weighted by Gasteiger charge is 2.11. The second kappa shape index (κ2) is 5.50. The first-order valence-electron chi connectivity index (χ1n) is 5.18. The van der Waals surface area contributed by atoms with Gasteiger partial charge in [-0.3, -0.25) is 0 Å². The number of halogens is 1. The molecule has 1 N–H and O–H groups in total. The van der Waals surface area contributed by atoms with Crippen molar-refractivity contribution in [3.63, 3.8) is 0 Å². The highest BCUT2D eigenvalue weighted by atomic mass is 32.2. The molecule has 0 aliphatic rings. The maximum absolute atomic E-state index is 13.2.